The zero-order valence-corrected chi connectivity index (χ0v) is 27.7. The van der Waals surface area contributed by atoms with Crippen molar-refractivity contribution in [2.75, 3.05) is 6.61 Å². The first-order valence-corrected chi connectivity index (χ1v) is 15.9. The molecule has 1 aliphatic heterocycles. The molecule has 0 unspecified atom stereocenters. The van der Waals surface area contributed by atoms with Crippen LogP contribution >= 0.6 is 61.5 Å². The number of rotatable bonds is 7. The average molecular weight is 764 g/mol. The fraction of sp³-hybridized carbons (Fsp3) is 0.194. The summed E-state index contributed by atoms with van der Waals surface area (Å²) in [4.78, 5) is 32.1. The molecule has 0 bridgehead atoms. The highest BCUT2D eigenvalue weighted by molar-refractivity contribution is 14.1. The fourth-order valence-electron chi connectivity index (χ4n) is 4.59. The zero-order valence-electron chi connectivity index (χ0n) is 22.4. The highest BCUT2D eigenvalue weighted by atomic mass is 127. The molecule has 4 aromatic rings. The van der Waals surface area contributed by atoms with E-state index in [1.165, 1.54) is 11.3 Å². The first kappa shape index (κ1) is 29.8. The van der Waals surface area contributed by atoms with Crippen molar-refractivity contribution in [1.82, 2.24) is 4.57 Å². The molecule has 210 valence electrons. The first-order valence-electron chi connectivity index (χ1n) is 12.8. The van der Waals surface area contributed by atoms with Crippen molar-refractivity contribution in [2.45, 2.75) is 33.4 Å². The maximum atomic E-state index is 13.9. The average Bonchev–Trinajstić information content (AvgIpc) is 3.22. The molecule has 1 aromatic heterocycles. The number of ether oxygens (including phenoxy) is 2. The van der Waals surface area contributed by atoms with Gasteiger partial charge in [-0.05, 0) is 106 Å². The number of hydrogen-bond donors (Lipinski definition) is 0. The molecule has 41 heavy (non-hydrogen) atoms. The van der Waals surface area contributed by atoms with E-state index in [-0.39, 0.29) is 12.2 Å². The molecule has 2 heterocycles. The van der Waals surface area contributed by atoms with Gasteiger partial charge in [-0.2, -0.15) is 0 Å². The van der Waals surface area contributed by atoms with E-state index >= 15 is 0 Å². The highest BCUT2D eigenvalue weighted by Crippen LogP contribution is 2.34. The number of nitrogens with zero attached hydrogens (tertiary/aromatic N) is 2. The first-order chi connectivity index (χ1) is 19.7. The summed E-state index contributed by atoms with van der Waals surface area (Å²) < 4.78 is 15.2. The Balaban J connectivity index is 1.55. The second-order valence-corrected chi connectivity index (χ2v) is 12.9. The lowest BCUT2D eigenvalue weighted by molar-refractivity contribution is -0.139. The van der Waals surface area contributed by atoms with Gasteiger partial charge in [0.2, 0.25) is 0 Å². The van der Waals surface area contributed by atoms with Crippen LogP contribution in [0.25, 0.3) is 6.08 Å². The van der Waals surface area contributed by atoms with Gasteiger partial charge in [-0.3, -0.25) is 9.36 Å². The van der Waals surface area contributed by atoms with Crippen LogP contribution in [0.1, 0.15) is 42.1 Å². The Bertz CT molecular complexity index is 1840. The molecule has 5 rings (SSSR count). The van der Waals surface area contributed by atoms with E-state index in [2.05, 4.69) is 43.5 Å². The standard InChI is InChI=1S/C31H25BrClIN2O4S/c1-4-39-30(38)26-18(3)35-31-36(27(26)21-10-8-17(2)9-11-21)29(37)25(41-31)15-20-13-23(32)28(24(34)14-20)40-16-19-6-5-7-22(33)12-19/h5-15,27H,4,16H2,1-3H3/b25-15-/t27-/m0/s1. The molecular weight excluding hydrogens is 739 g/mol. The van der Waals surface area contributed by atoms with Crippen LogP contribution in [0.3, 0.4) is 0 Å². The Morgan fingerprint density at radius 3 is 2.61 bits per heavy atom. The molecule has 0 fully saturated rings. The van der Waals surface area contributed by atoms with Gasteiger partial charge in [-0.1, -0.05) is 64.9 Å². The van der Waals surface area contributed by atoms with Gasteiger partial charge in [0.05, 0.1) is 36.5 Å². The van der Waals surface area contributed by atoms with E-state index in [4.69, 9.17) is 21.1 Å². The lowest BCUT2D eigenvalue weighted by Crippen LogP contribution is -2.39. The van der Waals surface area contributed by atoms with Gasteiger partial charge >= 0.3 is 5.97 Å². The highest BCUT2D eigenvalue weighted by Gasteiger charge is 2.33. The van der Waals surface area contributed by atoms with E-state index in [0.29, 0.717) is 38.0 Å². The smallest absolute Gasteiger partial charge is 0.338 e. The number of thiazole rings is 1. The minimum atomic E-state index is -0.637. The molecule has 0 saturated heterocycles. The number of aryl methyl sites for hydroxylation is 1. The molecule has 1 aliphatic rings. The number of aromatic nitrogens is 1. The second-order valence-electron chi connectivity index (χ2n) is 9.45. The van der Waals surface area contributed by atoms with E-state index in [0.717, 1.165) is 30.3 Å². The number of hydrogen-bond acceptors (Lipinski definition) is 6. The summed E-state index contributed by atoms with van der Waals surface area (Å²) in [5.74, 6) is 0.235. The van der Waals surface area contributed by atoms with Gasteiger partial charge < -0.3 is 9.47 Å². The molecule has 0 aliphatic carbocycles. The number of carbonyl (C=O) groups excluding carboxylic acids is 1. The van der Waals surface area contributed by atoms with Crippen LogP contribution < -0.4 is 19.6 Å². The van der Waals surface area contributed by atoms with Crippen molar-refractivity contribution in [1.29, 1.82) is 0 Å². The molecular formula is C31H25BrClIN2O4S. The maximum absolute atomic E-state index is 13.9. The lowest BCUT2D eigenvalue weighted by Gasteiger charge is -2.24. The van der Waals surface area contributed by atoms with Gasteiger partial charge in [0.25, 0.3) is 5.56 Å². The van der Waals surface area contributed by atoms with Crippen LogP contribution in [-0.2, 0) is 16.1 Å². The third kappa shape index (κ3) is 6.38. The Kier molecular flexibility index (Phi) is 9.18. The third-order valence-corrected chi connectivity index (χ3v) is 9.11. The lowest BCUT2D eigenvalue weighted by atomic mass is 9.95. The van der Waals surface area contributed by atoms with Crippen LogP contribution in [0, 0.1) is 10.5 Å². The van der Waals surface area contributed by atoms with Crippen molar-refractivity contribution in [3.63, 3.8) is 0 Å². The minimum Gasteiger partial charge on any atom is -0.487 e. The monoisotopic (exact) mass is 762 g/mol. The van der Waals surface area contributed by atoms with Gasteiger partial charge in [0.15, 0.2) is 4.80 Å². The summed E-state index contributed by atoms with van der Waals surface area (Å²) in [5.41, 5.74) is 4.38. The van der Waals surface area contributed by atoms with Crippen molar-refractivity contribution >= 4 is 73.5 Å². The van der Waals surface area contributed by atoms with Crippen molar-refractivity contribution in [2.24, 2.45) is 4.99 Å². The van der Waals surface area contributed by atoms with E-state index in [1.807, 2.05) is 73.7 Å². The molecule has 6 nitrogen and oxygen atoms in total. The van der Waals surface area contributed by atoms with Gasteiger partial charge in [-0.25, -0.2) is 9.79 Å². The molecule has 0 spiro atoms. The minimum absolute atomic E-state index is 0.221. The van der Waals surface area contributed by atoms with Crippen molar-refractivity contribution in [3.05, 3.63) is 127 Å². The maximum Gasteiger partial charge on any atom is 0.338 e. The number of fused-ring (bicyclic) bond motifs is 1. The number of esters is 1. The number of benzene rings is 3. The fourth-order valence-corrected chi connectivity index (χ4v) is 7.62. The summed E-state index contributed by atoms with van der Waals surface area (Å²) in [7, 11) is 0. The second kappa shape index (κ2) is 12.6. The molecule has 10 heteroatoms. The molecule has 1 atom stereocenters. The van der Waals surface area contributed by atoms with Crippen LogP contribution in [0.2, 0.25) is 5.02 Å². The molecule has 0 radical (unpaired) electrons. The topological polar surface area (TPSA) is 69.9 Å². The number of carbonyl (C=O) groups is 1. The summed E-state index contributed by atoms with van der Waals surface area (Å²) in [6.07, 6.45) is 1.84. The zero-order chi connectivity index (χ0) is 29.3. The van der Waals surface area contributed by atoms with Gasteiger partial charge in [0, 0.05) is 5.02 Å². The molecule has 0 amide bonds. The van der Waals surface area contributed by atoms with E-state index in [9.17, 15) is 9.59 Å². The molecule has 0 saturated carbocycles. The van der Waals surface area contributed by atoms with Crippen LogP contribution in [0.4, 0.5) is 0 Å². The van der Waals surface area contributed by atoms with E-state index in [1.54, 1.807) is 18.4 Å². The van der Waals surface area contributed by atoms with Crippen molar-refractivity contribution in [3.8, 4) is 5.75 Å². The predicted octanol–water partition coefficient (Wildman–Crippen LogP) is 6.71. The quantitative estimate of drug-likeness (QED) is 0.155. The summed E-state index contributed by atoms with van der Waals surface area (Å²) >= 11 is 13.3. The Morgan fingerprint density at radius 1 is 1.17 bits per heavy atom. The Morgan fingerprint density at radius 2 is 1.93 bits per heavy atom. The Labute approximate surface area is 268 Å². The van der Waals surface area contributed by atoms with Gasteiger partial charge in [0.1, 0.15) is 12.4 Å². The van der Waals surface area contributed by atoms with Gasteiger partial charge in [-0.15, -0.1) is 0 Å². The number of allylic oxidation sites excluding steroid dienone is 1. The van der Waals surface area contributed by atoms with E-state index < -0.39 is 12.0 Å². The predicted molar refractivity (Wildman–Crippen MR) is 174 cm³/mol. The summed E-state index contributed by atoms with van der Waals surface area (Å²) in [6.45, 7) is 6.14. The van der Waals surface area contributed by atoms with Crippen LogP contribution in [-0.4, -0.2) is 17.1 Å². The molecule has 3 aromatic carbocycles. The van der Waals surface area contributed by atoms with Crippen molar-refractivity contribution < 1.29 is 14.3 Å². The van der Waals surface area contributed by atoms with Crippen LogP contribution in [0.5, 0.6) is 5.75 Å². The Hall–Kier alpha value is -2.73. The molecule has 0 N–H and O–H groups in total. The third-order valence-electron chi connectivity index (χ3n) is 6.50. The normalized spacial score (nSPS) is 15.0. The number of halogens is 3. The van der Waals surface area contributed by atoms with Crippen LogP contribution in [0.15, 0.2) is 86.2 Å². The summed E-state index contributed by atoms with van der Waals surface area (Å²) in [6, 6.07) is 18.6. The SMILES string of the molecule is CCOC(=O)C1=C(C)N=c2s/c(=C\c3cc(Br)c(OCc4cccc(Cl)c4)c(I)c3)c(=O)n2[C@H]1c1ccc(C)cc1. The summed E-state index contributed by atoms with van der Waals surface area (Å²) in [5, 5.41) is 0.658. The largest absolute Gasteiger partial charge is 0.487 e.